The van der Waals surface area contributed by atoms with Gasteiger partial charge in [0, 0.05) is 17.6 Å². The highest BCUT2D eigenvalue weighted by atomic mass is 32.1. The molecule has 6 nitrogen and oxygen atoms in total. The van der Waals surface area contributed by atoms with Crippen molar-refractivity contribution in [2.75, 3.05) is 4.90 Å². The van der Waals surface area contributed by atoms with Crippen molar-refractivity contribution >= 4 is 40.9 Å². The molecule has 0 saturated carbocycles. The van der Waals surface area contributed by atoms with Gasteiger partial charge in [0.25, 0.3) is 11.8 Å². The van der Waals surface area contributed by atoms with Crippen LogP contribution in [0.4, 0.5) is 18.9 Å². The Morgan fingerprint density at radius 2 is 1.69 bits per heavy atom. The van der Waals surface area contributed by atoms with Crippen molar-refractivity contribution in [3.05, 3.63) is 83.7 Å². The monoisotopic (exact) mass is 457 g/mol. The Morgan fingerprint density at radius 3 is 2.38 bits per heavy atom. The minimum absolute atomic E-state index is 0.0767. The van der Waals surface area contributed by atoms with Crippen molar-refractivity contribution in [3.8, 4) is 11.4 Å². The van der Waals surface area contributed by atoms with Gasteiger partial charge in [0.05, 0.1) is 11.3 Å². The molecule has 2 amide bonds. The van der Waals surface area contributed by atoms with Gasteiger partial charge in [0.15, 0.2) is 5.11 Å². The molecule has 0 aliphatic carbocycles. The van der Waals surface area contributed by atoms with Crippen LogP contribution in [0.25, 0.3) is 11.8 Å². The van der Waals surface area contributed by atoms with Crippen molar-refractivity contribution in [1.82, 2.24) is 9.88 Å². The normalized spacial score (nSPS) is 15.9. The lowest BCUT2D eigenvalue weighted by Gasteiger charge is -2.29. The number of carbonyl (C=O) groups is 2. The van der Waals surface area contributed by atoms with Gasteiger partial charge < -0.3 is 9.67 Å². The van der Waals surface area contributed by atoms with Crippen LogP contribution in [0.3, 0.4) is 0 Å². The maximum atomic E-state index is 13.1. The minimum Gasteiger partial charge on any atom is -0.508 e. The van der Waals surface area contributed by atoms with E-state index < -0.39 is 23.6 Å². The second-order valence-electron chi connectivity index (χ2n) is 6.83. The number of hydrogen-bond acceptors (Lipinski definition) is 4. The molecular formula is C22H14F3N3O3S. The molecule has 0 radical (unpaired) electrons. The molecule has 32 heavy (non-hydrogen) atoms. The van der Waals surface area contributed by atoms with Gasteiger partial charge in [-0.25, -0.2) is 0 Å². The molecule has 2 aromatic carbocycles. The van der Waals surface area contributed by atoms with Gasteiger partial charge in [0.1, 0.15) is 11.3 Å². The third kappa shape index (κ3) is 4.00. The number of alkyl halides is 3. The van der Waals surface area contributed by atoms with E-state index in [2.05, 4.69) is 5.32 Å². The molecule has 2 heterocycles. The topological polar surface area (TPSA) is 74.6 Å². The van der Waals surface area contributed by atoms with Gasteiger partial charge in [-0.2, -0.15) is 13.2 Å². The van der Waals surface area contributed by atoms with E-state index in [1.807, 2.05) is 0 Å². The van der Waals surface area contributed by atoms with E-state index in [9.17, 15) is 27.9 Å². The highest BCUT2D eigenvalue weighted by molar-refractivity contribution is 7.80. The van der Waals surface area contributed by atoms with Crippen molar-refractivity contribution in [2.24, 2.45) is 0 Å². The van der Waals surface area contributed by atoms with Crippen LogP contribution in [0, 0.1) is 0 Å². The Balaban J connectivity index is 1.74. The first-order valence-corrected chi connectivity index (χ1v) is 9.61. The van der Waals surface area contributed by atoms with Gasteiger partial charge >= 0.3 is 6.18 Å². The Bertz CT molecular complexity index is 1260. The predicted octanol–water partition coefficient (Wildman–Crippen LogP) is 4.03. The van der Waals surface area contributed by atoms with E-state index in [-0.39, 0.29) is 22.1 Å². The maximum Gasteiger partial charge on any atom is 0.416 e. The summed E-state index contributed by atoms with van der Waals surface area (Å²) in [5.41, 5.74) is -0.238. The van der Waals surface area contributed by atoms with Crippen LogP contribution in [-0.2, 0) is 15.8 Å². The molecule has 4 rings (SSSR count). The van der Waals surface area contributed by atoms with Gasteiger partial charge in [-0.05, 0) is 72.9 Å². The van der Waals surface area contributed by atoms with E-state index in [4.69, 9.17) is 12.2 Å². The maximum absolute atomic E-state index is 13.1. The molecule has 0 unspecified atom stereocenters. The lowest BCUT2D eigenvalue weighted by Crippen LogP contribution is -2.54. The summed E-state index contributed by atoms with van der Waals surface area (Å²) in [4.78, 5) is 26.5. The summed E-state index contributed by atoms with van der Waals surface area (Å²) >= 11 is 5.05. The van der Waals surface area contributed by atoms with E-state index in [0.717, 1.165) is 23.1 Å². The van der Waals surface area contributed by atoms with Crippen molar-refractivity contribution < 1.29 is 27.9 Å². The number of phenolic OH excluding ortho intramolecular Hbond substituents is 1. The largest absolute Gasteiger partial charge is 0.508 e. The first-order chi connectivity index (χ1) is 15.1. The second kappa shape index (κ2) is 7.97. The third-order valence-corrected chi connectivity index (χ3v) is 5.02. The summed E-state index contributed by atoms with van der Waals surface area (Å²) in [6, 6.07) is 13.7. The number of amides is 2. The number of benzene rings is 2. The lowest BCUT2D eigenvalue weighted by molar-refractivity contribution is -0.137. The summed E-state index contributed by atoms with van der Waals surface area (Å²) in [6.07, 6.45) is -1.59. The van der Waals surface area contributed by atoms with Crippen LogP contribution in [0.5, 0.6) is 5.75 Å². The van der Waals surface area contributed by atoms with Crippen molar-refractivity contribution in [3.63, 3.8) is 0 Å². The summed E-state index contributed by atoms with van der Waals surface area (Å²) in [5.74, 6) is -1.54. The Labute approximate surface area is 185 Å². The lowest BCUT2D eigenvalue weighted by atomic mass is 10.1. The number of hydrogen-bond donors (Lipinski definition) is 2. The fraction of sp³-hybridized carbons (Fsp3) is 0.0455. The quantitative estimate of drug-likeness (QED) is 0.354. The molecule has 1 aliphatic rings. The minimum atomic E-state index is -4.61. The summed E-state index contributed by atoms with van der Waals surface area (Å²) in [6.45, 7) is 0. The summed E-state index contributed by atoms with van der Waals surface area (Å²) in [5, 5.41) is 11.5. The van der Waals surface area contributed by atoms with E-state index in [0.29, 0.717) is 11.4 Å². The molecule has 1 aromatic heterocycles. The number of thiocarbonyl (C=S) groups is 1. The molecule has 0 bridgehead atoms. The van der Waals surface area contributed by atoms with E-state index in [1.165, 1.54) is 24.3 Å². The zero-order valence-corrected chi connectivity index (χ0v) is 16.9. The number of anilines is 1. The van der Waals surface area contributed by atoms with Crippen LogP contribution in [0.2, 0.25) is 0 Å². The van der Waals surface area contributed by atoms with Crippen molar-refractivity contribution in [2.45, 2.75) is 6.18 Å². The van der Waals surface area contributed by atoms with E-state index in [1.54, 1.807) is 35.0 Å². The summed E-state index contributed by atoms with van der Waals surface area (Å²) in [7, 11) is 0. The SMILES string of the molecule is O=C1NC(=S)N(c2cccc(C(F)(F)F)c2)C(=O)/C1=C/c1cccn1-c1ccc(O)cc1. The number of aromatic hydroxyl groups is 1. The fourth-order valence-electron chi connectivity index (χ4n) is 3.22. The van der Waals surface area contributed by atoms with Crippen LogP contribution < -0.4 is 10.2 Å². The number of nitrogens with one attached hydrogen (secondary N) is 1. The highest BCUT2D eigenvalue weighted by Gasteiger charge is 2.36. The number of carbonyl (C=O) groups excluding carboxylic acids is 2. The molecule has 162 valence electrons. The highest BCUT2D eigenvalue weighted by Crippen LogP contribution is 2.32. The molecule has 1 aliphatic heterocycles. The molecular weight excluding hydrogens is 443 g/mol. The molecule has 0 spiro atoms. The van der Waals surface area contributed by atoms with E-state index >= 15 is 0 Å². The molecule has 1 saturated heterocycles. The molecule has 10 heteroatoms. The number of phenols is 1. The van der Waals surface area contributed by atoms with Crippen LogP contribution in [-0.4, -0.2) is 26.6 Å². The van der Waals surface area contributed by atoms with Gasteiger partial charge in [0.2, 0.25) is 0 Å². The van der Waals surface area contributed by atoms with Crippen LogP contribution in [0.1, 0.15) is 11.3 Å². The first kappa shape index (κ1) is 21.3. The standard InChI is InChI=1S/C22H14F3N3O3S/c23-22(24,25)13-3-1-4-16(11-13)28-20(31)18(19(30)26-21(28)32)12-15-5-2-10-27(15)14-6-8-17(29)9-7-14/h1-12,29H,(H,26,30,32)/b18-12+. The molecule has 0 atom stereocenters. The zero-order chi connectivity index (χ0) is 23.0. The first-order valence-electron chi connectivity index (χ1n) is 9.20. The van der Waals surface area contributed by atoms with Crippen molar-refractivity contribution in [1.29, 1.82) is 0 Å². The summed E-state index contributed by atoms with van der Waals surface area (Å²) < 4.78 is 41.0. The average molecular weight is 457 g/mol. The van der Waals surface area contributed by atoms with Gasteiger partial charge in [-0.15, -0.1) is 0 Å². The number of rotatable bonds is 3. The molecule has 2 N–H and O–H groups in total. The van der Waals surface area contributed by atoms with Gasteiger partial charge in [-0.3, -0.25) is 19.8 Å². The predicted molar refractivity (Wildman–Crippen MR) is 115 cm³/mol. The van der Waals surface area contributed by atoms with Crippen LogP contribution in [0.15, 0.2) is 72.4 Å². The Morgan fingerprint density at radius 1 is 0.969 bits per heavy atom. The van der Waals surface area contributed by atoms with Gasteiger partial charge in [-0.1, -0.05) is 6.07 Å². The van der Waals surface area contributed by atoms with Crippen LogP contribution >= 0.6 is 12.2 Å². The smallest absolute Gasteiger partial charge is 0.416 e. The number of nitrogens with zero attached hydrogens (tertiary/aromatic N) is 2. The third-order valence-electron chi connectivity index (χ3n) is 4.73. The molecule has 3 aromatic rings. The average Bonchev–Trinajstić information content (AvgIpc) is 3.19. The zero-order valence-electron chi connectivity index (χ0n) is 16.1. The Kier molecular flexibility index (Phi) is 5.31. The Hall–Kier alpha value is -3.92. The second-order valence-corrected chi connectivity index (χ2v) is 7.21. The number of aromatic nitrogens is 1. The fourth-order valence-corrected chi connectivity index (χ4v) is 3.50. The molecule has 1 fully saturated rings. The number of halogens is 3.